The van der Waals surface area contributed by atoms with Crippen LogP contribution in [0.15, 0.2) is 59.6 Å². The second-order valence-electron chi connectivity index (χ2n) is 9.88. The van der Waals surface area contributed by atoms with Gasteiger partial charge in [0.2, 0.25) is 0 Å². The first-order chi connectivity index (χ1) is 20.5. The molecule has 1 N–H and O–H groups in total. The van der Waals surface area contributed by atoms with Gasteiger partial charge in [-0.15, -0.1) is 0 Å². The Balaban J connectivity index is 1.40. The van der Waals surface area contributed by atoms with Crippen molar-refractivity contribution in [1.82, 2.24) is 0 Å². The van der Waals surface area contributed by atoms with E-state index in [2.05, 4.69) is 34.6 Å². The van der Waals surface area contributed by atoms with Crippen molar-refractivity contribution in [1.29, 1.82) is 0 Å². The molecule has 9 nitrogen and oxygen atoms in total. The zero-order chi connectivity index (χ0) is 29.7. The maximum atomic E-state index is 13.7. The first kappa shape index (κ1) is 31.0. The number of amides is 1. The topological polar surface area (TPSA) is 90.9 Å². The lowest BCUT2D eigenvalue weighted by Crippen LogP contribution is -2.29. The second-order valence-corrected chi connectivity index (χ2v) is 9.88. The molecule has 0 bridgehead atoms. The zero-order valence-electron chi connectivity index (χ0n) is 25.0. The molecule has 3 aromatic rings. The van der Waals surface area contributed by atoms with Crippen LogP contribution in [-0.2, 0) is 27.2 Å². The Bertz CT molecular complexity index is 1360. The van der Waals surface area contributed by atoms with Gasteiger partial charge in [0, 0.05) is 43.9 Å². The summed E-state index contributed by atoms with van der Waals surface area (Å²) in [5.41, 5.74) is 6.22. The van der Waals surface area contributed by atoms with Crippen LogP contribution in [0.25, 0.3) is 0 Å². The van der Waals surface area contributed by atoms with Crippen molar-refractivity contribution in [3.8, 4) is 11.5 Å². The Labute approximate surface area is 248 Å². The number of methoxy groups -OCH3 is 2. The number of anilines is 2. The van der Waals surface area contributed by atoms with Gasteiger partial charge in [0.25, 0.3) is 5.91 Å². The maximum Gasteiger partial charge on any atom is 0.260 e. The summed E-state index contributed by atoms with van der Waals surface area (Å²) >= 11 is 0. The first-order valence-corrected chi connectivity index (χ1v) is 14.3. The van der Waals surface area contributed by atoms with Gasteiger partial charge in [0.05, 0.1) is 51.4 Å². The maximum absolute atomic E-state index is 13.7. The highest BCUT2D eigenvalue weighted by Gasteiger charge is 2.28. The minimum absolute atomic E-state index is 0.109. The molecule has 0 unspecified atom stereocenters. The van der Waals surface area contributed by atoms with Crippen LogP contribution in [0.5, 0.6) is 11.5 Å². The number of carbonyl (C=O) groups is 1. The number of aryl methyl sites for hydroxylation is 1. The van der Waals surface area contributed by atoms with Gasteiger partial charge in [-0.1, -0.05) is 24.3 Å². The lowest BCUT2D eigenvalue weighted by molar-refractivity contribution is 0.0272. The van der Waals surface area contributed by atoms with E-state index in [1.165, 1.54) is 5.56 Å². The van der Waals surface area contributed by atoms with E-state index in [1.807, 2.05) is 36.9 Å². The van der Waals surface area contributed by atoms with Crippen molar-refractivity contribution in [3.63, 3.8) is 0 Å². The third-order valence-corrected chi connectivity index (χ3v) is 6.82. The van der Waals surface area contributed by atoms with Crippen LogP contribution in [0.4, 0.5) is 17.1 Å². The molecule has 1 aliphatic heterocycles. The summed E-state index contributed by atoms with van der Waals surface area (Å²) < 4.78 is 27.9. The Kier molecular flexibility index (Phi) is 11.8. The van der Waals surface area contributed by atoms with Crippen molar-refractivity contribution in [2.24, 2.45) is 4.99 Å². The van der Waals surface area contributed by atoms with Gasteiger partial charge in [-0.25, -0.2) is 0 Å². The van der Waals surface area contributed by atoms with Gasteiger partial charge in [-0.3, -0.25) is 9.79 Å². The molecular weight excluding hydrogens is 534 g/mol. The smallest absolute Gasteiger partial charge is 0.260 e. The number of hydrogen-bond acceptors (Lipinski definition) is 8. The Morgan fingerprint density at radius 3 is 2.55 bits per heavy atom. The predicted molar refractivity (Wildman–Crippen MR) is 166 cm³/mol. The van der Waals surface area contributed by atoms with Crippen LogP contribution in [0.3, 0.4) is 0 Å². The summed E-state index contributed by atoms with van der Waals surface area (Å²) in [5, 5.41) is 3.41. The SMILES string of the molecule is C/C=N\c1cc(OCc2cc(C)cc(NCCOCCOCCOC)c2)c(OC)cc1C(=O)N1CCc2ccccc21. The molecular formula is C33H41N3O6. The minimum Gasteiger partial charge on any atom is -0.493 e. The van der Waals surface area contributed by atoms with Crippen LogP contribution >= 0.6 is 0 Å². The highest BCUT2D eigenvalue weighted by molar-refractivity contribution is 6.11. The monoisotopic (exact) mass is 575 g/mol. The van der Waals surface area contributed by atoms with Crippen LogP contribution in [-0.4, -0.2) is 72.5 Å². The molecule has 0 saturated carbocycles. The molecule has 1 heterocycles. The summed E-state index contributed by atoms with van der Waals surface area (Å²) in [4.78, 5) is 20.0. The molecule has 224 valence electrons. The molecule has 1 amide bonds. The fraction of sp³-hybridized carbons (Fsp3) is 0.394. The van der Waals surface area contributed by atoms with E-state index in [1.54, 1.807) is 32.6 Å². The van der Waals surface area contributed by atoms with E-state index < -0.39 is 0 Å². The third kappa shape index (κ3) is 8.31. The number of ether oxygens (including phenoxy) is 5. The van der Waals surface area contributed by atoms with Crippen LogP contribution in [0, 0.1) is 6.92 Å². The molecule has 0 atom stereocenters. The highest BCUT2D eigenvalue weighted by Crippen LogP contribution is 2.38. The zero-order valence-corrected chi connectivity index (χ0v) is 25.0. The number of nitrogens with zero attached hydrogens (tertiary/aromatic N) is 2. The van der Waals surface area contributed by atoms with E-state index in [-0.39, 0.29) is 5.91 Å². The molecule has 0 fully saturated rings. The predicted octanol–water partition coefficient (Wildman–Crippen LogP) is 5.60. The molecule has 0 radical (unpaired) electrons. The van der Waals surface area contributed by atoms with Gasteiger partial charge >= 0.3 is 0 Å². The molecule has 4 rings (SSSR count). The largest absolute Gasteiger partial charge is 0.493 e. The summed E-state index contributed by atoms with van der Waals surface area (Å²) in [6.07, 6.45) is 2.51. The number of para-hydroxylation sites is 1. The molecule has 42 heavy (non-hydrogen) atoms. The Hall–Kier alpha value is -3.92. The van der Waals surface area contributed by atoms with Crippen LogP contribution < -0.4 is 19.7 Å². The van der Waals surface area contributed by atoms with Crippen molar-refractivity contribution in [2.75, 3.05) is 70.6 Å². The number of rotatable bonds is 16. The normalized spacial score (nSPS) is 12.5. The van der Waals surface area contributed by atoms with Gasteiger partial charge in [-0.2, -0.15) is 0 Å². The highest BCUT2D eigenvalue weighted by atomic mass is 16.5. The number of benzene rings is 3. The average molecular weight is 576 g/mol. The summed E-state index contributed by atoms with van der Waals surface area (Å²) in [5.74, 6) is 0.895. The summed E-state index contributed by atoms with van der Waals surface area (Å²) in [7, 11) is 3.23. The lowest BCUT2D eigenvalue weighted by atomic mass is 10.1. The van der Waals surface area contributed by atoms with Gasteiger partial charge in [0.1, 0.15) is 6.61 Å². The number of aliphatic imine (C=N–C) groups is 1. The fourth-order valence-electron chi connectivity index (χ4n) is 4.87. The van der Waals surface area contributed by atoms with E-state index in [4.69, 9.17) is 23.7 Å². The minimum atomic E-state index is -0.109. The van der Waals surface area contributed by atoms with Crippen LogP contribution in [0.1, 0.15) is 34.0 Å². The van der Waals surface area contributed by atoms with Gasteiger partial charge in [0.15, 0.2) is 11.5 Å². The molecule has 3 aromatic carbocycles. The Morgan fingerprint density at radius 2 is 1.76 bits per heavy atom. The van der Waals surface area contributed by atoms with Gasteiger partial charge in [-0.05, 0) is 61.2 Å². The molecule has 0 aliphatic carbocycles. The number of carbonyl (C=O) groups excluding carboxylic acids is 1. The van der Waals surface area contributed by atoms with Crippen molar-refractivity contribution in [3.05, 3.63) is 76.9 Å². The number of fused-ring (bicyclic) bond motifs is 1. The van der Waals surface area contributed by atoms with Crippen molar-refractivity contribution in [2.45, 2.75) is 26.9 Å². The standard InChI is InChI=1S/C33H41N3O6/c1-5-34-29-22-32(31(39-4)21-28(29)33(37)36-12-10-26-8-6-7-9-30(26)36)42-23-25-18-24(2)19-27(20-25)35-11-13-40-16-17-41-15-14-38-3/h5-9,18-22,35H,10-17,23H2,1-4H3/b34-5-. The summed E-state index contributed by atoms with van der Waals surface area (Å²) in [6.45, 7) is 8.32. The third-order valence-electron chi connectivity index (χ3n) is 6.82. The van der Waals surface area contributed by atoms with Gasteiger partial charge < -0.3 is 33.9 Å². The molecule has 0 aromatic heterocycles. The molecule has 9 heteroatoms. The number of hydrogen-bond donors (Lipinski definition) is 1. The molecule has 0 saturated heterocycles. The Morgan fingerprint density at radius 1 is 0.976 bits per heavy atom. The van der Waals surface area contributed by atoms with E-state index in [9.17, 15) is 4.79 Å². The van der Waals surface area contributed by atoms with Crippen molar-refractivity contribution >= 4 is 29.2 Å². The fourth-order valence-corrected chi connectivity index (χ4v) is 4.87. The first-order valence-electron chi connectivity index (χ1n) is 14.3. The lowest BCUT2D eigenvalue weighted by Gasteiger charge is -2.20. The quantitative estimate of drug-likeness (QED) is 0.176. The number of nitrogens with one attached hydrogen (secondary N) is 1. The van der Waals surface area contributed by atoms with E-state index in [0.717, 1.165) is 28.9 Å². The van der Waals surface area contributed by atoms with E-state index >= 15 is 0 Å². The summed E-state index contributed by atoms with van der Waals surface area (Å²) in [6, 6.07) is 17.7. The second kappa shape index (κ2) is 15.9. The molecule has 1 aliphatic rings. The molecule has 0 spiro atoms. The van der Waals surface area contributed by atoms with Crippen LogP contribution in [0.2, 0.25) is 0 Å². The van der Waals surface area contributed by atoms with E-state index in [0.29, 0.717) is 75.5 Å². The average Bonchev–Trinajstić information content (AvgIpc) is 3.43. The van der Waals surface area contributed by atoms with Crippen molar-refractivity contribution < 1.29 is 28.5 Å².